The van der Waals surface area contributed by atoms with E-state index in [1.165, 1.54) is 0 Å². The van der Waals surface area contributed by atoms with Crippen LogP contribution in [0.4, 0.5) is 0 Å². The topological polar surface area (TPSA) is 58.7 Å². The quantitative estimate of drug-likeness (QED) is 0.607. The van der Waals surface area contributed by atoms with Gasteiger partial charge in [-0.1, -0.05) is 0 Å². The summed E-state index contributed by atoms with van der Waals surface area (Å²) in [5, 5.41) is 9.89. The summed E-state index contributed by atoms with van der Waals surface area (Å²) in [5.41, 5.74) is 4.92. The number of aliphatic hydroxyl groups is 1. The van der Waals surface area contributed by atoms with Gasteiger partial charge in [-0.3, -0.25) is 0 Å². The summed E-state index contributed by atoms with van der Waals surface area (Å²) < 4.78 is 5.00. The smallest absolute Gasteiger partial charge is 0.0793 e. The minimum absolute atomic E-state index is 0.388. The Labute approximate surface area is 86.0 Å². The van der Waals surface area contributed by atoms with Gasteiger partial charge >= 0.3 is 0 Å². The zero-order chi connectivity index (χ0) is 10.4. The zero-order valence-corrected chi connectivity index (χ0v) is 9.04. The van der Waals surface area contributed by atoms with Crippen molar-refractivity contribution in [3.05, 3.63) is 0 Å². The van der Waals surface area contributed by atoms with Crippen LogP contribution < -0.4 is 5.73 Å². The highest BCUT2D eigenvalue weighted by Gasteiger charge is 2.30. The number of hydrogen-bond donors (Lipinski definition) is 2. The molecule has 1 heterocycles. The van der Waals surface area contributed by atoms with Crippen LogP contribution in [0.3, 0.4) is 0 Å². The lowest BCUT2D eigenvalue weighted by molar-refractivity contribution is -0.0146. The molecule has 4 nitrogen and oxygen atoms in total. The van der Waals surface area contributed by atoms with Gasteiger partial charge < -0.3 is 20.5 Å². The Kier molecular flexibility index (Phi) is 4.81. The summed E-state index contributed by atoms with van der Waals surface area (Å²) in [5.74, 6) is 0. The van der Waals surface area contributed by atoms with E-state index in [1.807, 2.05) is 0 Å². The minimum Gasteiger partial charge on any atom is -0.388 e. The highest BCUT2D eigenvalue weighted by atomic mass is 16.5. The van der Waals surface area contributed by atoms with Gasteiger partial charge in [-0.15, -0.1) is 0 Å². The van der Waals surface area contributed by atoms with E-state index in [4.69, 9.17) is 10.5 Å². The van der Waals surface area contributed by atoms with Gasteiger partial charge in [0.05, 0.1) is 5.60 Å². The van der Waals surface area contributed by atoms with Gasteiger partial charge in [0.25, 0.3) is 0 Å². The maximum Gasteiger partial charge on any atom is 0.0793 e. The molecule has 0 radical (unpaired) electrons. The number of ether oxygens (including phenoxy) is 1. The number of likely N-dealkylation sites (tertiary alicyclic amines) is 1. The summed E-state index contributed by atoms with van der Waals surface area (Å²) in [6, 6.07) is 0. The van der Waals surface area contributed by atoms with Crippen LogP contribution in [0.2, 0.25) is 0 Å². The molecule has 84 valence electrons. The molecule has 1 aliphatic rings. The number of methoxy groups -OCH3 is 1. The highest BCUT2D eigenvalue weighted by Crippen LogP contribution is 2.20. The van der Waals surface area contributed by atoms with Crippen molar-refractivity contribution in [1.29, 1.82) is 0 Å². The van der Waals surface area contributed by atoms with Crippen LogP contribution in [0.5, 0.6) is 0 Å². The molecule has 0 aromatic carbocycles. The lowest BCUT2D eigenvalue weighted by Crippen LogP contribution is -2.48. The molecule has 3 N–H and O–H groups in total. The Bertz CT molecular complexity index is 156. The largest absolute Gasteiger partial charge is 0.388 e. The first-order chi connectivity index (χ1) is 6.70. The van der Waals surface area contributed by atoms with Crippen molar-refractivity contribution in [3.63, 3.8) is 0 Å². The highest BCUT2D eigenvalue weighted by molar-refractivity contribution is 4.86. The molecule has 1 rings (SSSR count). The summed E-state index contributed by atoms with van der Waals surface area (Å²) in [6.07, 6.45) is 2.67. The molecule has 0 unspecified atom stereocenters. The van der Waals surface area contributed by atoms with Crippen molar-refractivity contribution in [3.8, 4) is 0 Å². The van der Waals surface area contributed by atoms with E-state index in [0.29, 0.717) is 6.54 Å². The van der Waals surface area contributed by atoms with Crippen LogP contribution in [-0.2, 0) is 4.74 Å². The molecule has 1 aliphatic heterocycles. The summed E-state index contributed by atoms with van der Waals surface area (Å²) in [6.45, 7) is 4.18. The molecule has 0 spiro atoms. The first-order valence-corrected chi connectivity index (χ1v) is 5.34. The molecule has 0 aromatic rings. The Morgan fingerprint density at radius 2 is 2.07 bits per heavy atom. The van der Waals surface area contributed by atoms with Gasteiger partial charge in [0, 0.05) is 39.9 Å². The number of nitrogens with two attached hydrogens (primary N) is 1. The second-order valence-electron chi connectivity index (χ2n) is 4.12. The molecule has 0 amide bonds. The van der Waals surface area contributed by atoms with E-state index >= 15 is 0 Å². The molecule has 0 saturated carbocycles. The molecule has 0 aliphatic carbocycles. The number of rotatable bonds is 5. The lowest BCUT2D eigenvalue weighted by atomic mass is 9.91. The Morgan fingerprint density at radius 3 is 2.57 bits per heavy atom. The van der Waals surface area contributed by atoms with E-state index in [-0.39, 0.29) is 0 Å². The molecule has 4 heteroatoms. The normalized spacial score (nSPS) is 22.5. The molecule has 0 aromatic heterocycles. The van der Waals surface area contributed by atoms with Gasteiger partial charge in [-0.2, -0.15) is 0 Å². The van der Waals surface area contributed by atoms with Gasteiger partial charge in [-0.05, 0) is 19.3 Å². The van der Waals surface area contributed by atoms with E-state index in [2.05, 4.69) is 4.90 Å². The van der Waals surface area contributed by atoms with E-state index in [1.54, 1.807) is 7.11 Å². The average Bonchev–Trinajstić information content (AvgIpc) is 2.22. The molecule has 1 fully saturated rings. The fourth-order valence-electron chi connectivity index (χ4n) is 1.83. The van der Waals surface area contributed by atoms with Gasteiger partial charge in [-0.25, -0.2) is 0 Å². The van der Waals surface area contributed by atoms with Crippen molar-refractivity contribution in [2.24, 2.45) is 5.73 Å². The summed E-state index contributed by atoms with van der Waals surface area (Å²) >= 11 is 0. The van der Waals surface area contributed by atoms with Crippen LogP contribution >= 0.6 is 0 Å². The Balaban J connectivity index is 2.15. The van der Waals surface area contributed by atoms with Crippen LogP contribution in [-0.4, -0.2) is 55.5 Å². The van der Waals surface area contributed by atoms with Gasteiger partial charge in [0.2, 0.25) is 0 Å². The average molecular weight is 202 g/mol. The standard InChI is InChI=1S/C10H22N2O2/c1-14-8-2-5-12-6-3-10(13,9-11)4-7-12/h13H,2-9,11H2,1H3. The maximum atomic E-state index is 9.89. The van der Waals surface area contributed by atoms with E-state index in [9.17, 15) is 5.11 Å². The summed E-state index contributed by atoms with van der Waals surface area (Å²) in [7, 11) is 1.73. The second kappa shape index (κ2) is 5.66. The van der Waals surface area contributed by atoms with Crippen molar-refractivity contribution < 1.29 is 9.84 Å². The SMILES string of the molecule is COCCCN1CCC(O)(CN)CC1. The molecule has 14 heavy (non-hydrogen) atoms. The molecule has 0 bridgehead atoms. The van der Waals surface area contributed by atoms with Crippen molar-refractivity contribution in [2.45, 2.75) is 24.9 Å². The number of piperidine rings is 1. The lowest BCUT2D eigenvalue weighted by Gasteiger charge is -2.37. The maximum absolute atomic E-state index is 9.89. The zero-order valence-electron chi connectivity index (χ0n) is 9.04. The Hall–Kier alpha value is -0.160. The van der Waals surface area contributed by atoms with Crippen LogP contribution in [0.25, 0.3) is 0 Å². The van der Waals surface area contributed by atoms with E-state index < -0.39 is 5.60 Å². The van der Waals surface area contributed by atoms with Crippen molar-refractivity contribution in [1.82, 2.24) is 4.90 Å². The number of hydrogen-bond acceptors (Lipinski definition) is 4. The third kappa shape index (κ3) is 3.53. The monoisotopic (exact) mass is 202 g/mol. The second-order valence-corrected chi connectivity index (χ2v) is 4.12. The first kappa shape index (κ1) is 11.9. The number of nitrogens with zero attached hydrogens (tertiary/aromatic N) is 1. The van der Waals surface area contributed by atoms with Gasteiger partial charge in [0.15, 0.2) is 0 Å². The molecular formula is C10H22N2O2. The summed E-state index contributed by atoms with van der Waals surface area (Å²) in [4.78, 5) is 2.36. The van der Waals surface area contributed by atoms with Crippen LogP contribution in [0.1, 0.15) is 19.3 Å². The van der Waals surface area contributed by atoms with Crippen molar-refractivity contribution in [2.75, 3.05) is 39.9 Å². The van der Waals surface area contributed by atoms with Crippen LogP contribution in [0.15, 0.2) is 0 Å². The molecular weight excluding hydrogens is 180 g/mol. The fourth-order valence-corrected chi connectivity index (χ4v) is 1.83. The molecule has 0 atom stereocenters. The predicted octanol–water partition coefficient (Wildman–Crippen LogP) is -0.191. The minimum atomic E-state index is -0.599. The van der Waals surface area contributed by atoms with Crippen molar-refractivity contribution >= 4 is 0 Å². The molecule has 1 saturated heterocycles. The fraction of sp³-hybridized carbons (Fsp3) is 1.00. The Morgan fingerprint density at radius 1 is 1.43 bits per heavy atom. The third-order valence-corrected chi connectivity index (χ3v) is 2.99. The van der Waals surface area contributed by atoms with E-state index in [0.717, 1.165) is 45.5 Å². The van der Waals surface area contributed by atoms with Crippen LogP contribution in [0, 0.1) is 0 Å². The first-order valence-electron chi connectivity index (χ1n) is 5.34. The third-order valence-electron chi connectivity index (χ3n) is 2.99. The predicted molar refractivity (Wildman–Crippen MR) is 56.2 cm³/mol. The van der Waals surface area contributed by atoms with Gasteiger partial charge in [0.1, 0.15) is 0 Å².